The van der Waals surface area contributed by atoms with Gasteiger partial charge in [0.25, 0.3) is 0 Å². The Labute approximate surface area is 91.5 Å². The quantitative estimate of drug-likeness (QED) is 0.772. The molecule has 0 bridgehead atoms. The first-order valence-corrected chi connectivity index (χ1v) is 5.18. The van der Waals surface area contributed by atoms with Crippen LogP contribution < -0.4 is 4.90 Å². The molecule has 0 aromatic carbocycles. The van der Waals surface area contributed by atoms with Gasteiger partial charge in [0.05, 0.1) is 5.00 Å². The van der Waals surface area contributed by atoms with E-state index in [9.17, 15) is 0 Å². The Morgan fingerprint density at radius 3 is 3.00 bits per heavy atom. The SMILES string of the molecule is CN(c1cc(C#N)ncn1)c1cccs1. The number of hydrogen-bond acceptors (Lipinski definition) is 5. The topological polar surface area (TPSA) is 52.8 Å². The largest absolute Gasteiger partial charge is 0.321 e. The van der Waals surface area contributed by atoms with Crippen molar-refractivity contribution < 1.29 is 0 Å². The summed E-state index contributed by atoms with van der Waals surface area (Å²) >= 11 is 1.62. The second kappa shape index (κ2) is 4.07. The van der Waals surface area contributed by atoms with Crippen molar-refractivity contribution in [1.29, 1.82) is 5.26 Å². The second-order valence-electron chi connectivity index (χ2n) is 2.88. The molecule has 0 saturated heterocycles. The predicted molar refractivity (Wildman–Crippen MR) is 59.1 cm³/mol. The lowest BCUT2D eigenvalue weighted by Crippen LogP contribution is -2.10. The molecule has 0 radical (unpaired) electrons. The van der Waals surface area contributed by atoms with E-state index < -0.39 is 0 Å². The molecule has 0 spiro atoms. The summed E-state index contributed by atoms with van der Waals surface area (Å²) in [6.07, 6.45) is 1.40. The zero-order valence-corrected chi connectivity index (χ0v) is 8.90. The maximum absolute atomic E-state index is 8.72. The van der Waals surface area contributed by atoms with E-state index in [1.165, 1.54) is 6.33 Å². The number of nitrogens with zero attached hydrogens (tertiary/aromatic N) is 4. The van der Waals surface area contributed by atoms with Crippen LogP contribution >= 0.6 is 11.3 Å². The third-order valence-electron chi connectivity index (χ3n) is 1.95. The molecule has 0 atom stereocenters. The van der Waals surface area contributed by atoms with Crippen LogP contribution in [0.2, 0.25) is 0 Å². The minimum absolute atomic E-state index is 0.378. The first-order valence-electron chi connectivity index (χ1n) is 4.30. The Kier molecular flexibility index (Phi) is 2.61. The lowest BCUT2D eigenvalue weighted by atomic mass is 10.4. The van der Waals surface area contributed by atoms with Crippen LogP contribution in [0.25, 0.3) is 0 Å². The van der Waals surface area contributed by atoms with E-state index in [2.05, 4.69) is 9.97 Å². The van der Waals surface area contributed by atoms with Gasteiger partial charge in [-0.2, -0.15) is 5.26 Å². The molecule has 0 saturated carbocycles. The molecular weight excluding hydrogens is 208 g/mol. The molecule has 2 rings (SSSR count). The maximum atomic E-state index is 8.72. The number of thiophene rings is 1. The highest BCUT2D eigenvalue weighted by Crippen LogP contribution is 2.25. The summed E-state index contributed by atoms with van der Waals surface area (Å²) in [5.74, 6) is 0.726. The van der Waals surface area contributed by atoms with Gasteiger partial charge in [-0.05, 0) is 17.5 Å². The van der Waals surface area contributed by atoms with E-state index in [-0.39, 0.29) is 0 Å². The molecule has 15 heavy (non-hydrogen) atoms. The molecule has 0 aliphatic heterocycles. The normalized spacial score (nSPS) is 9.60. The molecule has 2 aromatic rings. The van der Waals surface area contributed by atoms with Gasteiger partial charge in [0.15, 0.2) is 0 Å². The highest BCUT2D eigenvalue weighted by atomic mass is 32.1. The van der Waals surface area contributed by atoms with Crippen LogP contribution in [-0.4, -0.2) is 17.0 Å². The molecule has 0 N–H and O–H groups in total. The molecule has 5 heteroatoms. The number of anilines is 2. The van der Waals surface area contributed by atoms with Gasteiger partial charge < -0.3 is 4.90 Å². The van der Waals surface area contributed by atoms with Crippen molar-refractivity contribution in [2.24, 2.45) is 0 Å². The monoisotopic (exact) mass is 216 g/mol. The Bertz CT molecular complexity index is 486. The van der Waals surface area contributed by atoms with Crippen molar-refractivity contribution in [3.63, 3.8) is 0 Å². The summed E-state index contributed by atoms with van der Waals surface area (Å²) in [6.45, 7) is 0. The lowest BCUT2D eigenvalue weighted by Gasteiger charge is -2.15. The van der Waals surface area contributed by atoms with Gasteiger partial charge >= 0.3 is 0 Å². The first kappa shape index (κ1) is 9.62. The molecule has 0 amide bonds. The zero-order valence-electron chi connectivity index (χ0n) is 8.08. The Balaban J connectivity index is 2.34. The van der Waals surface area contributed by atoms with Gasteiger partial charge in [0, 0.05) is 13.1 Å². The van der Waals surface area contributed by atoms with Crippen LogP contribution in [0.3, 0.4) is 0 Å². The minimum atomic E-state index is 0.378. The fraction of sp³-hybridized carbons (Fsp3) is 0.100. The molecule has 2 heterocycles. The average Bonchev–Trinajstić information content (AvgIpc) is 2.81. The number of aromatic nitrogens is 2. The van der Waals surface area contributed by atoms with Crippen molar-refractivity contribution in [3.05, 3.63) is 35.6 Å². The van der Waals surface area contributed by atoms with Gasteiger partial charge in [-0.3, -0.25) is 0 Å². The van der Waals surface area contributed by atoms with E-state index in [0.29, 0.717) is 5.69 Å². The summed E-state index contributed by atoms with van der Waals surface area (Å²) in [4.78, 5) is 9.86. The fourth-order valence-electron chi connectivity index (χ4n) is 1.17. The summed E-state index contributed by atoms with van der Waals surface area (Å²) in [7, 11) is 1.91. The molecular formula is C10H8N4S. The molecule has 2 aromatic heterocycles. The standard InChI is InChI=1S/C10H8N4S/c1-14(10-3-2-4-15-10)9-5-8(6-11)12-7-13-9/h2-5,7H,1H3. The fourth-order valence-corrected chi connectivity index (χ4v) is 1.87. The minimum Gasteiger partial charge on any atom is -0.321 e. The van der Waals surface area contributed by atoms with Crippen LogP contribution in [0.1, 0.15) is 5.69 Å². The predicted octanol–water partition coefficient (Wildman–Crippen LogP) is 2.18. The summed E-state index contributed by atoms with van der Waals surface area (Å²) < 4.78 is 0. The number of nitriles is 1. The van der Waals surface area contributed by atoms with Crippen LogP contribution in [-0.2, 0) is 0 Å². The van der Waals surface area contributed by atoms with E-state index in [1.54, 1.807) is 17.4 Å². The number of hydrogen-bond donors (Lipinski definition) is 0. The van der Waals surface area contributed by atoms with Crippen LogP contribution in [0.4, 0.5) is 10.8 Å². The summed E-state index contributed by atoms with van der Waals surface area (Å²) in [5, 5.41) is 11.8. The van der Waals surface area contributed by atoms with Crippen molar-refractivity contribution in [3.8, 4) is 6.07 Å². The highest BCUT2D eigenvalue weighted by Gasteiger charge is 2.06. The molecule has 0 unspecified atom stereocenters. The summed E-state index contributed by atoms with van der Waals surface area (Å²) in [6, 6.07) is 7.63. The third-order valence-corrected chi connectivity index (χ3v) is 2.89. The first-order chi connectivity index (χ1) is 7.31. The highest BCUT2D eigenvalue weighted by molar-refractivity contribution is 7.14. The zero-order chi connectivity index (χ0) is 10.7. The van der Waals surface area contributed by atoms with E-state index in [4.69, 9.17) is 5.26 Å². The molecule has 74 valence electrons. The van der Waals surface area contributed by atoms with Crippen LogP contribution in [0.5, 0.6) is 0 Å². The van der Waals surface area contributed by atoms with Gasteiger partial charge in [0.1, 0.15) is 23.9 Å². The molecule has 0 aliphatic rings. The Morgan fingerprint density at radius 2 is 2.33 bits per heavy atom. The van der Waals surface area contributed by atoms with Crippen molar-refractivity contribution in [1.82, 2.24) is 9.97 Å². The van der Waals surface area contributed by atoms with E-state index >= 15 is 0 Å². The molecule has 0 fully saturated rings. The third kappa shape index (κ3) is 1.95. The van der Waals surface area contributed by atoms with Gasteiger partial charge in [-0.1, -0.05) is 0 Å². The summed E-state index contributed by atoms with van der Waals surface area (Å²) in [5.41, 5.74) is 0.378. The van der Waals surface area contributed by atoms with Gasteiger partial charge in [0.2, 0.25) is 0 Å². The van der Waals surface area contributed by atoms with Crippen LogP contribution in [0.15, 0.2) is 29.9 Å². The van der Waals surface area contributed by atoms with Crippen molar-refractivity contribution in [2.75, 3.05) is 11.9 Å². The average molecular weight is 216 g/mol. The maximum Gasteiger partial charge on any atom is 0.145 e. The number of rotatable bonds is 2. The van der Waals surface area contributed by atoms with E-state index in [0.717, 1.165) is 10.8 Å². The second-order valence-corrected chi connectivity index (χ2v) is 3.81. The van der Waals surface area contributed by atoms with Gasteiger partial charge in [-0.15, -0.1) is 11.3 Å². The Morgan fingerprint density at radius 1 is 1.47 bits per heavy atom. The Hall–Kier alpha value is -1.93. The van der Waals surface area contributed by atoms with Gasteiger partial charge in [-0.25, -0.2) is 9.97 Å². The van der Waals surface area contributed by atoms with Crippen molar-refractivity contribution in [2.45, 2.75) is 0 Å². The van der Waals surface area contributed by atoms with Crippen molar-refractivity contribution >= 4 is 22.2 Å². The molecule has 0 aliphatic carbocycles. The smallest absolute Gasteiger partial charge is 0.145 e. The lowest BCUT2D eigenvalue weighted by molar-refractivity contribution is 1.07. The van der Waals surface area contributed by atoms with E-state index in [1.807, 2.05) is 35.5 Å². The molecule has 4 nitrogen and oxygen atoms in total. The van der Waals surface area contributed by atoms with Crippen LogP contribution in [0, 0.1) is 11.3 Å².